The average molecular weight is 364 g/mol. The Morgan fingerprint density at radius 2 is 0.964 bits per heavy atom. The maximum absolute atomic E-state index is 4.09. The zero-order valence-corrected chi connectivity index (χ0v) is 16.3. The minimum absolute atomic E-state index is 0.254. The second-order valence-electron chi connectivity index (χ2n) is 7.21. The van der Waals surface area contributed by atoms with Crippen LogP contribution in [-0.4, -0.2) is 24.0 Å². The zero-order chi connectivity index (χ0) is 19.3. The Hall–Kier alpha value is -3.23. The lowest BCUT2D eigenvalue weighted by Gasteiger charge is -2.25. The first-order valence-corrected chi connectivity index (χ1v) is 9.54. The molecule has 4 aromatic rings. The largest absolute Gasteiger partial charge is 0.299 e. The van der Waals surface area contributed by atoms with E-state index in [2.05, 4.69) is 103 Å². The highest BCUT2D eigenvalue weighted by Crippen LogP contribution is 2.29. The second kappa shape index (κ2) is 8.20. The van der Waals surface area contributed by atoms with Crippen molar-refractivity contribution in [2.75, 3.05) is 14.1 Å². The number of aromatic nitrogens is 1. The van der Waals surface area contributed by atoms with Crippen LogP contribution in [0.2, 0.25) is 0 Å². The van der Waals surface area contributed by atoms with E-state index in [1.807, 2.05) is 24.5 Å². The lowest BCUT2D eigenvalue weighted by Crippen LogP contribution is -2.20. The summed E-state index contributed by atoms with van der Waals surface area (Å²) in [5.74, 6) is 0. The van der Waals surface area contributed by atoms with Crippen molar-refractivity contribution in [2.24, 2.45) is 0 Å². The number of hydrogen-bond donors (Lipinski definition) is 0. The van der Waals surface area contributed by atoms with Gasteiger partial charge in [0.1, 0.15) is 0 Å². The fourth-order valence-corrected chi connectivity index (χ4v) is 3.68. The van der Waals surface area contributed by atoms with Gasteiger partial charge in [0.2, 0.25) is 0 Å². The van der Waals surface area contributed by atoms with Crippen LogP contribution in [0.4, 0.5) is 0 Å². The van der Waals surface area contributed by atoms with Gasteiger partial charge in [-0.3, -0.25) is 9.88 Å². The summed E-state index contributed by atoms with van der Waals surface area (Å²) in [6, 6.07) is 32.6. The SMILES string of the molecule is CN(C)C(c1ccccc1)c1ccc(-c2ccc(-c3ccncc3)cc2)cc1. The molecule has 138 valence electrons. The normalized spacial score (nSPS) is 12.1. The molecule has 2 heteroatoms. The van der Waals surface area contributed by atoms with Crippen LogP contribution in [0.15, 0.2) is 103 Å². The van der Waals surface area contributed by atoms with Gasteiger partial charge in [-0.1, -0.05) is 78.9 Å². The van der Waals surface area contributed by atoms with Crippen LogP contribution in [0.3, 0.4) is 0 Å². The van der Waals surface area contributed by atoms with Gasteiger partial charge in [0.05, 0.1) is 6.04 Å². The average Bonchev–Trinajstić information content (AvgIpc) is 2.76. The first-order chi connectivity index (χ1) is 13.7. The third-order valence-electron chi connectivity index (χ3n) is 5.09. The molecule has 1 atom stereocenters. The predicted molar refractivity (Wildman–Crippen MR) is 117 cm³/mol. The molecule has 0 aliphatic rings. The minimum Gasteiger partial charge on any atom is -0.299 e. The Bertz CT molecular complexity index is 1010. The van der Waals surface area contributed by atoms with E-state index in [0.29, 0.717) is 0 Å². The standard InChI is InChI=1S/C26H24N2/c1-28(2)26(24-6-4-3-5-7-24)25-14-12-21(13-15-25)20-8-10-22(11-9-20)23-16-18-27-19-17-23/h3-19,26H,1-2H3. The third-order valence-corrected chi connectivity index (χ3v) is 5.09. The summed E-state index contributed by atoms with van der Waals surface area (Å²) < 4.78 is 0. The first-order valence-electron chi connectivity index (χ1n) is 9.54. The van der Waals surface area contributed by atoms with E-state index in [0.717, 1.165) is 0 Å². The van der Waals surface area contributed by atoms with E-state index >= 15 is 0 Å². The molecular weight excluding hydrogens is 340 g/mol. The number of nitrogens with zero attached hydrogens (tertiary/aromatic N) is 2. The summed E-state index contributed by atoms with van der Waals surface area (Å²) in [5, 5.41) is 0. The maximum Gasteiger partial charge on any atom is 0.0596 e. The smallest absolute Gasteiger partial charge is 0.0596 e. The van der Waals surface area contributed by atoms with Crippen LogP contribution >= 0.6 is 0 Å². The van der Waals surface area contributed by atoms with Gasteiger partial charge >= 0.3 is 0 Å². The Balaban J connectivity index is 1.59. The van der Waals surface area contributed by atoms with E-state index in [9.17, 15) is 0 Å². The summed E-state index contributed by atoms with van der Waals surface area (Å²) in [7, 11) is 4.26. The lowest BCUT2D eigenvalue weighted by molar-refractivity contribution is 0.342. The molecule has 0 aliphatic heterocycles. The molecule has 0 saturated carbocycles. The van der Waals surface area contributed by atoms with Crippen LogP contribution in [0.5, 0.6) is 0 Å². The highest BCUT2D eigenvalue weighted by atomic mass is 15.1. The van der Waals surface area contributed by atoms with Gasteiger partial charge in [-0.15, -0.1) is 0 Å². The molecule has 0 N–H and O–H groups in total. The van der Waals surface area contributed by atoms with E-state index in [1.54, 1.807) is 0 Å². The second-order valence-corrected chi connectivity index (χ2v) is 7.21. The van der Waals surface area contributed by atoms with Crippen LogP contribution in [-0.2, 0) is 0 Å². The van der Waals surface area contributed by atoms with E-state index < -0.39 is 0 Å². The molecule has 1 heterocycles. The van der Waals surface area contributed by atoms with Gasteiger partial charge in [-0.25, -0.2) is 0 Å². The van der Waals surface area contributed by atoms with Crippen molar-refractivity contribution in [2.45, 2.75) is 6.04 Å². The molecule has 2 nitrogen and oxygen atoms in total. The van der Waals surface area contributed by atoms with E-state index in [-0.39, 0.29) is 6.04 Å². The van der Waals surface area contributed by atoms with Crippen LogP contribution in [0, 0.1) is 0 Å². The van der Waals surface area contributed by atoms with Crippen LogP contribution in [0.1, 0.15) is 17.2 Å². The Morgan fingerprint density at radius 3 is 1.46 bits per heavy atom. The maximum atomic E-state index is 4.09. The Morgan fingerprint density at radius 1 is 0.536 bits per heavy atom. The molecule has 0 bridgehead atoms. The van der Waals surface area contributed by atoms with E-state index in [4.69, 9.17) is 0 Å². The van der Waals surface area contributed by atoms with Gasteiger partial charge in [-0.05, 0) is 59.6 Å². The molecule has 0 aliphatic carbocycles. The zero-order valence-electron chi connectivity index (χ0n) is 16.3. The number of hydrogen-bond acceptors (Lipinski definition) is 2. The predicted octanol–water partition coefficient (Wildman–Crippen LogP) is 6.07. The summed E-state index contributed by atoms with van der Waals surface area (Å²) in [5.41, 5.74) is 7.46. The number of benzene rings is 3. The highest BCUT2D eigenvalue weighted by Gasteiger charge is 2.16. The topological polar surface area (TPSA) is 16.1 Å². The monoisotopic (exact) mass is 364 g/mol. The fourth-order valence-electron chi connectivity index (χ4n) is 3.68. The van der Waals surface area contributed by atoms with Gasteiger partial charge in [0.25, 0.3) is 0 Å². The molecule has 28 heavy (non-hydrogen) atoms. The van der Waals surface area contributed by atoms with Crippen LogP contribution in [0.25, 0.3) is 22.3 Å². The van der Waals surface area contributed by atoms with E-state index in [1.165, 1.54) is 33.4 Å². The fraction of sp³-hybridized carbons (Fsp3) is 0.115. The molecule has 0 fully saturated rings. The molecular formula is C26H24N2. The number of rotatable bonds is 5. The first kappa shape index (κ1) is 18.1. The minimum atomic E-state index is 0.254. The molecule has 0 spiro atoms. The summed E-state index contributed by atoms with van der Waals surface area (Å²) in [4.78, 5) is 6.35. The van der Waals surface area contributed by atoms with Gasteiger partial charge in [0.15, 0.2) is 0 Å². The molecule has 0 amide bonds. The molecule has 4 rings (SSSR count). The summed E-state index contributed by atoms with van der Waals surface area (Å²) in [6.45, 7) is 0. The van der Waals surface area contributed by atoms with Gasteiger partial charge in [-0.2, -0.15) is 0 Å². The van der Waals surface area contributed by atoms with Crippen molar-refractivity contribution in [3.8, 4) is 22.3 Å². The van der Waals surface area contributed by atoms with Crippen molar-refractivity contribution in [1.82, 2.24) is 9.88 Å². The van der Waals surface area contributed by atoms with Crippen molar-refractivity contribution in [3.63, 3.8) is 0 Å². The lowest BCUT2D eigenvalue weighted by atomic mass is 9.95. The van der Waals surface area contributed by atoms with Gasteiger partial charge in [0, 0.05) is 12.4 Å². The third kappa shape index (κ3) is 3.88. The molecule has 0 radical (unpaired) electrons. The van der Waals surface area contributed by atoms with Crippen molar-refractivity contribution in [1.29, 1.82) is 0 Å². The highest BCUT2D eigenvalue weighted by molar-refractivity contribution is 5.70. The summed E-state index contributed by atoms with van der Waals surface area (Å²) in [6.07, 6.45) is 3.66. The van der Waals surface area contributed by atoms with Crippen LogP contribution < -0.4 is 0 Å². The Kier molecular flexibility index (Phi) is 5.31. The molecule has 0 saturated heterocycles. The number of pyridine rings is 1. The molecule has 1 unspecified atom stereocenters. The molecule has 1 aromatic heterocycles. The molecule has 3 aromatic carbocycles. The quantitative estimate of drug-likeness (QED) is 0.427. The van der Waals surface area contributed by atoms with Crippen molar-refractivity contribution >= 4 is 0 Å². The van der Waals surface area contributed by atoms with Gasteiger partial charge < -0.3 is 0 Å². The van der Waals surface area contributed by atoms with Crippen molar-refractivity contribution in [3.05, 3.63) is 115 Å². The summed E-state index contributed by atoms with van der Waals surface area (Å²) >= 11 is 0. The Labute approximate surface area is 167 Å². The van der Waals surface area contributed by atoms with Crippen molar-refractivity contribution < 1.29 is 0 Å².